The Hall–Kier alpha value is -1.51. The Morgan fingerprint density at radius 1 is 1.33 bits per heavy atom. The van der Waals surface area contributed by atoms with Crippen LogP contribution in [-0.4, -0.2) is 30.9 Å². The molecule has 0 aliphatic heterocycles. The van der Waals surface area contributed by atoms with E-state index in [0.717, 1.165) is 29.7 Å². The van der Waals surface area contributed by atoms with Gasteiger partial charge in [-0.25, -0.2) is 0 Å². The molecule has 0 aliphatic rings. The number of carbonyl (C=O) groups is 1. The van der Waals surface area contributed by atoms with Crippen LogP contribution in [-0.2, 0) is 0 Å². The van der Waals surface area contributed by atoms with Gasteiger partial charge < -0.3 is 10.2 Å². The van der Waals surface area contributed by atoms with Crippen LogP contribution in [0.3, 0.4) is 0 Å². The molecule has 3 nitrogen and oxygen atoms in total. The maximum atomic E-state index is 12.5. The lowest BCUT2D eigenvalue weighted by molar-refractivity contribution is 0.0724. The molecule has 0 atom stereocenters. The predicted molar refractivity (Wildman–Crippen MR) is 77.2 cm³/mol. The molecule has 1 rings (SSSR count). The van der Waals surface area contributed by atoms with Crippen molar-refractivity contribution in [3.8, 4) is 0 Å². The van der Waals surface area contributed by atoms with Gasteiger partial charge >= 0.3 is 0 Å². The first kappa shape index (κ1) is 14.6. The Bertz CT molecular complexity index is 411. The highest BCUT2D eigenvalue weighted by Gasteiger charge is 2.20. The number of amides is 1. The number of rotatable bonds is 5. The first-order valence-corrected chi connectivity index (χ1v) is 6.60. The van der Waals surface area contributed by atoms with E-state index < -0.39 is 0 Å². The summed E-state index contributed by atoms with van der Waals surface area (Å²) in [4.78, 5) is 14.4. The Kier molecular flexibility index (Phi) is 5.20. The van der Waals surface area contributed by atoms with Crippen LogP contribution >= 0.6 is 0 Å². The van der Waals surface area contributed by atoms with Gasteiger partial charge in [-0.1, -0.05) is 25.5 Å². The second kappa shape index (κ2) is 6.43. The molecular formula is C15H24N2O. The third-order valence-electron chi connectivity index (χ3n) is 3.49. The van der Waals surface area contributed by atoms with Crippen molar-refractivity contribution in [3.05, 3.63) is 29.3 Å². The SMILES string of the molecule is CCC(CC)N(C)C(=O)c1cc(C)ccc1NC. The average Bonchev–Trinajstić information content (AvgIpc) is 2.39. The van der Waals surface area contributed by atoms with Gasteiger partial charge in [0.2, 0.25) is 0 Å². The van der Waals surface area contributed by atoms with Crippen molar-refractivity contribution in [2.75, 3.05) is 19.4 Å². The van der Waals surface area contributed by atoms with Crippen LogP contribution in [0.2, 0.25) is 0 Å². The van der Waals surface area contributed by atoms with Crippen LogP contribution in [0, 0.1) is 6.92 Å². The summed E-state index contributed by atoms with van der Waals surface area (Å²) >= 11 is 0. The monoisotopic (exact) mass is 248 g/mol. The molecule has 0 aromatic heterocycles. The maximum Gasteiger partial charge on any atom is 0.255 e. The Labute approximate surface area is 110 Å². The second-order valence-electron chi connectivity index (χ2n) is 4.69. The number of nitrogens with zero attached hydrogens (tertiary/aromatic N) is 1. The van der Waals surface area contributed by atoms with Crippen molar-refractivity contribution in [2.45, 2.75) is 39.7 Å². The highest BCUT2D eigenvalue weighted by atomic mass is 16.2. The third-order valence-corrected chi connectivity index (χ3v) is 3.49. The molecule has 0 radical (unpaired) electrons. The van der Waals surface area contributed by atoms with Crippen LogP contribution in [0.1, 0.15) is 42.6 Å². The molecule has 0 heterocycles. The molecule has 18 heavy (non-hydrogen) atoms. The lowest BCUT2D eigenvalue weighted by Crippen LogP contribution is -2.36. The Morgan fingerprint density at radius 2 is 1.94 bits per heavy atom. The summed E-state index contributed by atoms with van der Waals surface area (Å²) in [5.41, 5.74) is 2.76. The first-order chi connectivity index (χ1) is 8.54. The molecule has 0 aliphatic carbocycles. The largest absolute Gasteiger partial charge is 0.387 e. The Morgan fingerprint density at radius 3 is 2.44 bits per heavy atom. The molecule has 100 valence electrons. The van der Waals surface area contributed by atoms with Gasteiger partial charge in [0.05, 0.1) is 5.56 Å². The third kappa shape index (κ3) is 3.03. The first-order valence-electron chi connectivity index (χ1n) is 6.60. The molecule has 1 aromatic carbocycles. The van der Waals surface area contributed by atoms with E-state index in [1.54, 1.807) is 0 Å². The van der Waals surface area contributed by atoms with Crippen molar-refractivity contribution in [3.63, 3.8) is 0 Å². The zero-order valence-electron chi connectivity index (χ0n) is 12.1. The fourth-order valence-electron chi connectivity index (χ4n) is 2.25. The molecule has 0 saturated heterocycles. The molecule has 0 fully saturated rings. The number of benzene rings is 1. The van der Waals surface area contributed by atoms with E-state index in [1.807, 2.05) is 44.1 Å². The van der Waals surface area contributed by atoms with Crippen molar-refractivity contribution in [2.24, 2.45) is 0 Å². The number of carbonyl (C=O) groups excluding carboxylic acids is 1. The fourth-order valence-corrected chi connectivity index (χ4v) is 2.25. The minimum absolute atomic E-state index is 0.0942. The number of aryl methyl sites for hydroxylation is 1. The summed E-state index contributed by atoms with van der Waals surface area (Å²) in [7, 11) is 3.74. The number of hydrogen-bond acceptors (Lipinski definition) is 2. The van der Waals surface area contributed by atoms with Gasteiger partial charge in [-0.15, -0.1) is 0 Å². The fraction of sp³-hybridized carbons (Fsp3) is 0.533. The van der Waals surface area contributed by atoms with Crippen molar-refractivity contribution in [1.29, 1.82) is 0 Å². The van der Waals surface area contributed by atoms with E-state index >= 15 is 0 Å². The van der Waals surface area contributed by atoms with Gasteiger partial charge in [0, 0.05) is 25.8 Å². The zero-order valence-corrected chi connectivity index (χ0v) is 12.1. The maximum absolute atomic E-state index is 12.5. The van der Waals surface area contributed by atoms with E-state index in [2.05, 4.69) is 19.2 Å². The topological polar surface area (TPSA) is 32.3 Å². The molecule has 1 amide bonds. The second-order valence-corrected chi connectivity index (χ2v) is 4.69. The lowest BCUT2D eigenvalue weighted by atomic mass is 10.1. The average molecular weight is 248 g/mol. The standard InChI is InChI=1S/C15H24N2O/c1-6-12(7-2)17(5)15(18)13-10-11(3)8-9-14(13)16-4/h8-10,12,16H,6-7H2,1-5H3. The molecule has 3 heteroatoms. The van der Waals surface area contributed by atoms with E-state index in [0.29, 0.717) is 6.04 Å². The molecule has 0 bridgehead atoms. The van der Waals surface area contributed by atoms with Crippen LogP contribution in [0.15, 0.2) is 18.2 Å². The summed E-state index contributed by atoms with van der Waals surface area (Å²) in [5.74, 6) is 0.0942. The lowest BCUT2D eigenvalue weighted by Gasteiger charge is -2.27. The summed E-state index contributed by atoms with van der Waals surface area (Å²) < 4.78 is 0. The molecule has 0 spiro atoms. The number of hydrogen-bond donors (Lipinski definition) is 1. The van der Waals surface area contributed by atoms with Gasteiger partial charge in [0.15, 0.2) is 0 Å². The van der Waals surface area contributed by atoms with Crippen molar-refractivity contribution >= 4 is 11.6 Å². The van der Waals surface area contributed by atoms with Crippen LogP contribution in [0.25, 0.3) is 0 Å². The van der Waals surface area contributed by atoms with E-state index in [-0.39, 0.29) is 5.91 Å². The van der Waals surface area contributed by atoms with Gasteiger partial charge in [-0.05, 0) is 31.9 Å². The van der Waals surface area contributed by atoms with Gasteiger partial charge in [0.1, 0.15) is 0 Å². The summed E-state index contributed by atoms with van der Waals surface area (Å²) in [6.07, 6.45) is 1.97. The minimum Gasteiger partial charge on any atom is -0.387 e. The van der Waals surface area contributed by atoms with Crippen LogP contribution in [0.4, 0.5) is 5.69 Å². The molecule has 0 unspecified atom stereocenters. The normalized spacial score (nSPS) is 10.6. The van der Waals surface area contributed by atoms with Crippen molar-refractivity contribution in [1.82, 2.24) is 4.90 Å². The smallest absolute Gasteiger partial charge is 0.255 e. The van der Waals surface area contributed by atoms with E-state index in [4.69, 9.17) is 0 Å². The highest BCUT2D eigenvalue weighted by Crippen LogP contribution is 2.20. The zero-order chi connectivity index (χ0) is 13.7. The number of anilines is 1. The van der Waals surface area contributed by atoms with Crippen molar-refractivity contribution < 1.29 is 4.79 Å². The van der Waals surface area contributed by atoms with Gasteiger partial charge in [-0.3, -0.25) is 4.79 Å². The van der Waals surface area contributed by atoms with Crippen LogP contribution in [0.5, 0.6) is 0 Å². The molecule has 1 N–H and O–H groups in total. The van der Waals surface area contributed by atoms with Gasteiger partial charge in [0.25, 0.3) is 5.91 Å². The van der Waals surface area contributed by atoms with E-state index in [1.165, 1.54) is 0 Å². The minimum atomic E-state index is 0.0942. The Balaban J connectivity index is 3.05. The van der Waals surface area contributed by atoms with Crippen LogP contribution < -0.4 is 5.32 Å². The number of nitrogens with one attached hydrogen (secondary N) is 1. The quantitative estimate of drug-likeness (QED) is 0.867. The van der Waals surface area contributed by atoms with Gasteiger partial charge in [-0.2, -0.15) is 0 Å². The molecule has 1 aromatic rings. The molecule has 0 saturated carbocycles. The summed E-state index contributed by atoms with van der Waals surface area (Å²) in [5, 5.41) is 3.09. The summed E-state index contributed by atoms with van der Waals surface area (Å²) in [6.45, 7) is 6.24. The van der Waals surface area contributed by atoms with E-state index in [9.17, 15) is 4.79 Å². The highest BCUT2D eigenvalue weighted by molar-refractivity contribution is 5.99. The molecular weight excluding hydrogens is 224 g/mol. The summed E-state index contributed by atoms with van der Waals surface area (Å²) in [6, 6.07) is 6.23. The predicted octanol–water partition coefficient (Wildman–Crippen LogP) is 3.30.